The van der Waals surface area contributed by atoms with Gasteiger partial charge in [-0.25, -0.2) is 0 Å². The lowest BCUT2D eigenvalue weighted by Gasteiger charge is -2.42. The molecule has 0 atom stereocenters. The molecule has 0 unspecified atom stereocenters. The van der Waals surface area contributed by atoms with Gasteiger partial charge in [0.05, 0.1) is 6.54 Å². The molecule has 5 heteroatoms. The van der Waals surface area contributed by atoms with Crippen LogP contribution in [0.5, 0.6) is 0 Å². The number of carboxylic acids is 1. The number of aliphatic carboxylic acids is 1. The zero-order valence-corrected chi connectivity index (χ0v) is 13.9. The van der Waals surface area contributed by atoms with E-state index in [-0.39, 0.29) is 23.9 Å². The molecule has 0 heterocycles. The summed E-state index contributed by atoms with van der Waals surface area (Å²) >= 11 is 0. The predicted octanol–water partition coefficient (Wildman–Crippen LogP) is 2.40. The Morgan fingerprint density at radius 1 is 1.23 bits per heavy atom. The van der Waals surface area contributed by atoms with E-state index in [1.807, 2.05) is 11.8 Å². The number of carbonyl (C=O) groups is 2. The minimum absolute atomic E-state index is 0.0971. The standard InChI is InChI=1S/C17H30N2O3/c1-3-19(12-16(21)22)14-9-13(10-14)18-15(20)11-17(2)7-5-4-6-8-17/h13-14H,3-12H2,1-2H3,(H,18,20)(H,21,22). The lowest BCUT2D eigenvalue weighted by molar-refractivity contribution is -0.140. The molecule has 0 spiro atoms. The maximum atomic E-state index is 12.2. The Morgan fingerprint density at radius 3 is 2.41 bits per heavy atom. The van der Waals surface area contributed by atoms with Gasteiger partial charge in [0.2, 0.25) is 5.91 Å². The van der Waals surface area contributed by atoms with Crippen LogP contribution >= 0.6 is 0 Å². The molecule has 2 aliphatic rings. The first kappa shape index (κ1) is 17.3. The molecule has 126 valence electrons. The van der Waals surface area contributed by atoms with Gasteiger partial charge in [-0.3, -0.25) is 14.5 Å². The molecule has 2 rings (SSSR count). The van der Waals surface area contributed by atoms with Crippen molar-refractivity contribution in [3.8, 4) is 0 Å². The molecule has 0 aliphatic heterocycles. The number of nitrogens with zero attached hydrogens (tertiary/aromatic N) is 1. The Hall–Kier alpha value is -1.10. The SMILES string of the molecule is CCN(CC(=O)O)C1CC(NC(=O)CC2(C)CCCCC2)C1. The molecule has 22 heavy (non-hydrogen) atoms. The quantitative estimate of drug-likeness (QED) is 0.757. The van der Waals surface area contributed by atoms with Crippen molar-refractivity contribution in [2.45, 2.75) is 77.3 Å². The van der Waals surface area contributed by atoms with Crippen molar-refractivity contribution in [2.75, 3.05) is 13.1 Å². The van der Waals surface area contributed by atoms with Crippen molar-refractivity contribution < 1.29 is 14.7 Å². The second-order valence-electron chi connectivity index (χ2n) is 7.39. The molecule has 0 aromatic carbocycles. The van der Waals surface area contributed by atoms with Crippen molar-refractivity contribution in [1.29, 1.82) is 0 Å². The van der Waals surface area contributed by atoms with E-state index in [0.29, 0.717) is 12.5 Å². The molecule has 0 aromatic heterocycles. The fraction of sp³-hybridized carbons (Fsp3) is 0.882. The molecule has 0 radical (unpaired) electrons. The normalized spacial score (nSPS) is 27.2. The summed E-state index contributed by atoms with van der Waals surface area (Å²) in [6.07, 6.45) is 8.52. The van der Waals surface area contributed by atoms with E-state index in [4.69, 9.17) is 5.11 Å². The molecule has 5 nitrogen and oxygen atoms in total. The number of hydrogen-bond donors (Lipinski definition) is 2. The van der Waals surface area contributed by atoms with Crippen LogP contribution in [0.3, 0.4) is 0 Å². The maximum absolute atomic E-state index is 12.2. The van der Waals surface area contributed by atoms with E-state index >= 15 is 0 Å². The van der Waals surface area contributed by atoms with Crippen molar-refractivity contribution in [3.63, 3.8) is 0 Å². The van der Waals surface area contributed by atoms with Gasteiger partial charge < -0.3 is 10.4 Å². The Kier molecular flexibility index (Phi) is 5.84. The van der Waals surface area contributed by atoms with Crippen LogP contribution < -0.4 is 5.32 Å². The molecule has 2 aliphatic carbocycles. The summed E-state index contributed by atoms with van der Waals surface area (Å²) in [5.41, 5.74) is 0.185. The number of nitrogens with one attached hydrogen (secondary N) is 1. The van der Waals surface area contributed by atoms with Gasteiger partial charge in [-0.2, -0.15) is 0 Å². The highest BCUT2D eigenvalue weighted by Gasteiger charge is 2.36. The van der Waals surface area contributed by atoms with Crippen LogP contribution in [0.15, 0.2) is 0 Å². The van der Waals surface area contributed by atoms with E-state index in [1.54, 1.807) is 0 Å². The predicted molar refractivity (Wildman–Crippen MR) is 85.6 cm³/mol. The summed E-state index contributed by atoms with van der Waals surface area (Å²) in [5.74, 6) is -0.603. The van der Waals surface area contributed by atoms with E-state index in [9.17, 15) is 9.59 Å². The summed E-state index contributed by atoms with van der Waals surface area (Å²) < 4.78 is 0. The second kappa shape index (κ2) is 7.44. The number of likely N-dealkylation sites (N-methyl/N-ethyl adjacent to an activating group) is 1. The number of hydrogen-bond acceptors (Lipinski definition) is 3. The third kappa shape index (κ3) is 4.70. The van der Waals surface area contributed by atoms with Crippen molar-refractivity contribution in [1.82, 2.24) is 10.2 Å². The highest BCUT2D eigenvalue weighted by Crippen LogP contribution is 2.38. The summed E-state index contributed by atoms with van der Waals surface area (Å²) in [6.45, 7) is 5.06. The van der Waals surface area contributed by atoms with Crippen LogP contribution in [-0.2, 0) is 9.59 Å². The Balaban J connectivity index is 1.70. The minimum Gasteiger partial charge on any atom is -0.480 e. The topological polar surface area (TPSA) is 69.6 Å². The van der Waals surface area contributed by atoms with Crippen LogP contribution in [0.2, 0.25) is 0 Å². The third-order valence-corrected chi connectivity index (χ3v) is 5.39. The largest absolute Gasteiger partial charge is 0.480 e. The van der Waals surface area contributed by atoms with Gasteiger partial charge in [0, 0.05) is 18.5 Å². The van der Waals surface area contributed by atoms with Gasteiger partial charge in [0.1, 0.15) is 0 Å². The molecule has 0 saturated heterocycles. The van der Waals surface area contributed by atoms with E-state index in [1.165, 1.54) is 19.3 Å². The summed E-state index contributed by atoms with van der Waals surface area (Å²) in [4.78, 5) is 25.0. The summed E-state index contributed by atoms with van der Waals surface area (Å²) in [5, 5.41) is 12.0. The number of amides is 1. The first-order chi connectivity index (χ1) is 10.4. The van der Waals surface area contributed by atoms with Gasteiger partial charge in [-0.05, 0) is 37.6 Å². The van der Waals surface area contributed by atoms with Gasteiger partial charge in [0.15, 0.2) is 0 Å². The number of carbonyl (C=O) groups excluding carboxylic acids is 1. The summed E-state index contributed by atoms with van der Waals surface area (Å²) in [7, 11) is 0. The van der Waals surface area contributed by atoms with Crippen LogP contribution in [0.25, 0.3) is 0 Å². The van der Waals surface area contributed by atoms with Gasteiger partial charge in [-0.15, -0.1) is 0 Å². The number of carboxylic acid groups (broad SMARTS) is 1. The van der Waals surface area contributed by atoms with Gasteiger partial charge >= 0.3 is 5.97 Å². The fourth-order valence-corrected chi connectivity index (χ4v) is 3.93. The first-order valence-corrected chi connectivity index (χ1v) is 8.67. The second-order valence-corrected chi connectivity index (χ2v) is 7.39. The molecular weight excluding hydrogens is 280 g/mol. The number of rotatable bonds is 7. The third-order valence-electron chi connectivity index (χ3n) is 5.39. The van der Waals surface area contributed by atoms with E-state index in [2.05, 4.69) is 12.2 Å². The van der Waals surface area contributed by atoms with Crippen molar-refractivity contribution in [2.24, 2.45) is 5.41 Å². The molecular formula is C17H30N2O3. The van der Waals surface area contributed by atoms with E-state index in [0.717, 1.165) is 32.2 Å². The smallest absolute Gasteiger partial charge is 0.317 e. The lowest BCUT2D eigenvalue weighted by Crippen LogP contribution is -2.55. The lowest BCUT2D eigenvalue weighted by atomic mass is 9.73. The monoisotopic (exact) mass is 310 g/mol. The fourth-order valence-electron chi connectivity index (χ4n) is 3.93. The van der Waals surface area contributed by atoms with Gasteiger partial charge in [-0.1, -0.05) is 33.1 Å². The molecule has 2 fully saturated rings. The Labute approximate surface area is 133 Å². The molecule has 0 bridgehead atoms. The van der Waals surface area contributed by atoms with E-state index < -0.39 is 5.97 Å². The molecule has 2 saturated carbocycles. The molecule has 1 amide bonds. The zero-order valence-electron chi connectivity index (χ0n) is 13.9. The highest BCUT2D eigenvalue weighted by atomic mass is 16.4. The van der Waals surface area contributed by atoms with Crippen LogP contribution in [0.1, 0.15) is 65.2 Å². The maximum Gasteiger partial charge on any atom is 0.317 e. The van der Waals surface area contributed by atoms with Crippen molar-refractivity contribution in [3.05, 3.63) is 0 Å². The molecule has 0 aromatic rings. The zero-order chi connectivity index (χ0) is 16.2. The minimum atomic E-state index is -0.778. The van der Waals surface area contributed by atoms with Crippen LogP contribution in [0, 0.1) is 5.41 Å². The Bertz CT molecular complexity index is 399. The first-order valence-electron chi connectivity index (χ1n) is 8.67. The van der Waals surface area contributed by atoms with Crippen LogP contribution in [0.4, 0.5) is 0 Å². The molecule has 2 N–H and O–H groups in total. The van der Waals surface area contributed by atoms with Crippen LogP contribution in [-0.4, -0.2) is 47.1 Å². The highest BCUT2D eigenvalue weighted by molar-refractivity contribution is 5.77. The average Bonchev–Trinajstić information content (AvgIpc) is 2.40. The average molecular weight is 310 g/mol. The Morgan fingerprint density at radius 2 is 1.86 bits per heavy atom. The van der Waals surface area contributed by atoms with Crippen molar-refractivity contribution >= 4 is 11.9 Å². The van der Waals surface area contributed by atoms with Gasteiger partial charge in [0.25, 0.3) is 0 Å². The summed E-state index contributed by atoms with van der Waals surface area (Å²) in [6, 6.07) is 0.532.